The van der Waals surface area contributed by atoms with Crippen LogP contribution in [0.4, 0.5) is 5.69 Å². The van der Waals surface area contributed by atoms with Gasteiger partial charge in [0.05, 0.1) is 23.6 Å². The molecule has 1 fully saturated rings. The number of aliphatic hydroxyl groups excluding tert-OH is 1. The predicted molar refractivity (Wildman–Crippen MR) is 125 cm³/mol. The van der Waals surface area contributed by atoms with Crippen molar-refractivity contribution in [3.8, 4) is 5.75 Å². The summed E-state index contributed by atoms with van der Waals surface area (Å²) in [5.41, 5.74) is 2.36. The monoisotopic (exact) mass is 458 g/mol. The van der Waals surface area contributed by atoms with Crippen LogP contribution in [-0.4, -0.2) is 33.7 Å². The summed E-state index contributed by atoms with van der Waals surface area (Å²) in [6, 6.07) is 18.9. The maximum Gasteiger partial charge on any atom is 0.295 e. The number of aryl methyl sites for hydroxylation is 1. The summed E-state index contributed by atoms with van der Waals surface area (Å²) < 4.78 is 5.27. The Balaban J connectivity index is 1.84. The van der Waals surface area contributed by atoms with Crippen LogP contribution >= 0.6 is 0 Å². The highest BCUT2D eigenvalue weighted by Crippen LogP contribution is 2.40. The molecule has 0 aromatic heterocycles. The Hall–Kier alpha value is -4.46. The third-order valence-electron chi connectivity index (χ3n) is 5.74. The van der Waals surface area contributed by atoms with E-state index in [1.807, 2.05) is 31.2 Å². The first-order chi connectivity index (χ1) is 16.3. The Bertz CT molecular complexity index is 1310. The molecule has 4 rings (SSSR count). The van der Waals surface area contributed by atoms with E-state index >= 15 is 0 Å². The molecule has 0 saturated carbocycles. The number of hydrogen-bond acceptors (Lipinski definition) is 6. The molecule has 8 nitrogen and oxygen atoms in total. The van der Waals surface area contributed by atoms with Crippen LogP contribution in [-0.2, 0) is 16.1 Å². The number of carbonyl (C=O) groups excluding carboxylic acids is 2. The lowest BCUT2D eigenvalue weighted by molar-refractivity contribution is -0.384. The molecule has 1 saturated heterocycles. The van der Waals surface area contributed by atoms with Gasteiger partial charge in [-0.1, -0.05) is 42.0 Å². The molecule has 3 aromatic carbocycles. The van der Waals surface area contributed by atoms with Crippen molar-refractivity contribution < 1.29 is 24.4 Å². The number of hydrogen-bond donors (Lipinski definition) is 1. The van der Waals surface area contributed by atoms with Gasteiger partial charge in [0, 0.05) is 24.2 Å². The summed E-state index contributed by atoms with van der Waals surface area (Å²) in [6.07, 6.45) is 0. The number of ether oxygens (including phenoxy) is 1. The van der Waals surface area contributed by atoms with E-state index < -0.39 is 22.7 Å². The third-order valence-corrected chi connectivity index (χ3v) is 5.74. The fourth-order valence-corrected chi connectivity index (χ4v) is 4.09. The molecule has 0 aliphatic carbocycles. The lowest BCUT2D eigenvalue weighted by atomic mass is 9.94. The molecule has 1 heterocycles. The number of aliphatic hydroxyl groups is 1. The van der Waals surface area contributed by atoms with E-state index in [0.717, 1.165) is 11.1 Å². The molecule has 34 heavy (non-hydrogen) atoms. The molecule has 1 unspecified atom stereocenters. The Morgan fingerprint density at radius 3 is 2.41 bits per heavy atom. The van der Waals surface area contributed by atoms with Crippen molar-refractivity contribution in [1.82, 2.24) is 4.90 Å². The highest BCUT2D eigenvalue weighted by Gasteiger charge is 2.46. The number of non-ortho nitro benzene ring substituents is 1. The number of carbonyl (C=O) groups is 2. The van der Waals surface area contributed by atoms with Crippen molar-refractivity contribution in [3.05, 3.63) is 111 Å². The fourth-order valence-electron chi connectivity index (χ4n) is 4.09. The number of amides is 1. The molecule has 0 spiro atoms. The molecule has 1 amide bonds. The quantitative estimate of drug-likeness (QED) is 0.191. The first-order valence-corrected chi connectivity index (χ1v) is 10.5. The number of likely N-dealkylation sites (tertiary alicyclic amines) is 1. The van der Waals surface area contributed by atoms with Gasteiger partial charge in [0.15, 0.2) is 0 Å². The zero-order valence-electron chi connectivity index (χ0n) is 18.6. The minimum absolute atomic E-state index is 0.0626. The van der Waals surface area contributed by atoms with E-state index in [9.17, 15) is 24.8 Å². The Kier molecular flexibility index (Phi) is 6.14. The third kappa shape index (κ3) is 4.25. The number of ketones is 1. The van der Waals surface area contributed by atoms with Gasteiger partial charge >= 0.3 is 0 Å². The van der Waals surface area contributed by atoms with Crippen LogP contribution in [0.2, 0.25) is 0 Å². The van der Waals surface area contributed by atoms with Crippen LogP contribution in [0, 0.1) is 17.0 Å². The SMILES string of the molecule is COc1cccc(CN2C(=O)C(=O)/C(=C(\O)c3ccc([N+](=O)[O-])cc3)C2c2cccc(C)c2)c1. The Labute approximate surface area is 195 Å². The summed E-state index contributed by atoms with van der Waals surface area (Å²) >= 11 is 0. The first-order valence-electron chi connectivity index (χ1n) is 10.5. The van der Waals surface area contributed by atoms with E-state index in [1.165, 1.54) is 29.2 Å². The first kappa shape index (κ1) is 22.7. The topological polar surface area (TPSA) is 110 Å². The molecule has 1 atom stereocenters. The Morgan fingerprint density at radius 2 is 1.76 bits per heavy atom. The molecular weight excluding hydrogens is 436 g/mol. The predicted octanol–water partition coefficient (Wildman–Crippen LogP) is 4.53. The van der Waals surface area contributed by atoms with Crippen molar-refractivity contribution in [2.45, 2.75) is 19.5 Å². The highest BCUT2D eigenvalue weighted by molar-refractivity contribution is 6.46. The minimum atomic E-state index is -0.832. The number of nitro benzene ring substituents is 1. The van der Waals surface area contributed by atoms with Gasteiger partial charge in [-0.05, 0) is 42.3 Å². The van der Waals surface area contributed by atoms with Crippen LogP contribution < -0.4 is 4.74 Å². The smallest absolute Gasteiger partial charge is 0.295 e. The zero-order valence-corrected chi connectivity index (χ0v) is 18.6. The molecule has 8 heteroatoms. The fraction of sp³-hybridized carbons (Fsp3) is 0.154. The van der Waals surface area contributed by atoms with Crippen LogP contribution in [0.3, 0.4) is 0 Å². The highest BCUT2D eigenvalue weighted by atomic mass is 16.6. The van der Waals surface area contributed by atoms with Crippen molar-refractivity contribution in [1.29, 1.82) is 0 Å². The lowest BCUT2D eigenvalue weighted by Gasteiger charge is -2.26. The van der Waals surface area contributed by atoms with E-state index in [0.29, 0.717) is 11.3 Å². The number of Topliss-reactive ketones (excluding diaryl/α,β-unsaturated/α-hetero) is 1. The van der Waals surface area contributed by atoms with Gasteiger partial charge in [-0.25, -0.2) is 0 Å². The van der Waals surface area contributed by atoms with Gasteiger partial charge in [0.2, 0.25) is 0 Å². The van der Waals surface area contributed by atoms with Crippen LogP contribution in [0.25, 0.3) is 5.76 Å². The maximum absolute atomic E-state index is 13.1. The van der Waals surface area contributed by atoms with Crippen LogP contribution in [0.1, 0.15) is 28.3 Å². The van der Waals surface area contributed by atoms with Crippen molar-refractivity contribution >= 4 is 23.1 Å². The van der Waals surface area contributed by atoms with E-state index in [2.05, 4.69) is 0 Å². The summed E-state index contributed by atoms with van der Waals surface area (Å²) in [4.78, 5) is 38.1. The zero-order chi connectivity index (χ0) is 24.4. The molecule has 1 aliphatic rings. The van der Waals surface area contributed by atoms with Gasteiger partial charge in [-0.3, -0.25) is 19.7 Å². The number of nitrogens with zero attached hydrogens (tertiary/aromatic N) is 2. The van der Waals surface area contributed by atoms with E-state index in [1.54, 1.807) is 31.4 Å². The number of rotatable bonds is 6. The molecule has 0 bridgehead atoms. The second-order valence-corrected chi connectivity index (χ2v) is 8.00. The molecule has 3 aromatic rings. The number of benzene rings is 3. The second-order valence-electron chi connectivity index (χ2n) is 8.00. The van der Waals surface area contributed by atoms with E-state index in [-0.39, 0.29) is 29.1 Å². The number of methoxy groups -OCH3 is 1. The van der Waals surface area contributed by atoms with Gasteiger partial charge in [-0.15, -0.1) is 0 Å². The van der Waals surface area contributed by atoms with Gasteiger partial charge in [-0.2, -0.15) is 0 Å². The summed E-state index contributed by atoms with van der Waals surface area (Å²) in [6.45, 7) is 2.02. The maximum atomic E-state index is 13.1. The van der Waals surface area contributed by atoms with Crippen molar-refractivity contribution in [2.75, 3.05) is 7.11 Å². The molecular formula is C26H22N2O6. The standard InChI is InChI=1S/C26H22N2O6/c1-16-5-3-7-19(13-16)23-22(24(29)18-9-11-20(12-10-18)28(32)33)25(30)26(31)27(23)15-17-6-4-8-21(14-17)34-2/h3-14,23,29H,15H2,1-2H3/b24-22-. The largest absolute Gasteiger partial charge is 0.507 e. The summed E-state index contributed by atoms with van der Waals surface area (Å²) in [5, 5.41) is 22.1. The average molecular weight is 458 g/mol. The average Bonchev–Trinajstić information content (AvgIpc) is 3.08. The normalized spacial score (nSPS) is 17.1. The second kappa shape index (κ2) is 9.19. The van der Waals surface area contributed by atoms with Crippen LogP contribution in [0.5, 0.6) is 5.75 Å². The number of nitro groups is 1. The summed E-state index contributed by atoms with van der Waals surface area (Å²) in [7, 11) is 1.54. The van der Waals surface area contributed by atoms with E-state index in [4.69, 9.17) is 4.74 Å². The molecule has 172 valence electrons. The van der Waals surface area contributed by atoms with Gasteiger partial charge in [0.1, 0.15) is 11.5 Å². The molecule has 0 radical (unpaired) electrons. The summed E-state index contributed by atoms with van der Waals surface area (Å²) in [5.74, 6) is -1.32. The van der Waals surface area contributed by atoms with Crippen molar-refractivity contribution in [3.63, 3.8) is 0 Å². The lowest BCUT2D eigenvalue weighted by Crippen LogP contribution is -2.29. The van der Waals surface area contributed by atoms with Gasteiger partial charge in [0.25, 0.3) is 17.4 Å². The van der Waals surface area contributed by atoms with Gasteiger partial charge < -0.3 is 14.7 Å². The minimum Gasteiger partial charge on any atom is -0.507 e. The molecule has 1 aliphatic heterocycles. The van der Waals surface area contributed by atoms with Crippen LogP contribution in [0.15, 0.2) is 78.4 Å². The van der Waals surface area contributed by atoms with Crippen molar-refractivity contribution in [2.24, 2.45) is 0 Å². The Morgan fingerprint density at radius 1 is 1.06 bits per heavy atom. The molecule has 1 N–H and O–H groups in total.